The Morgan fingerprint density at radius 2 is 1.80 bits per heavy atom. The van der Waals surface area contributed by atoms with Crippen molar-refractivity contribution in [3.05, 3.63) is 24.3 Å². The third kappa shape index (κ3) is 2.33. The van der Waals surface area contributed by atoms with Gasteiger partial charge in [0, 0.05) is 0 Å². The Bertz CT molecular complexity index is 708. The van der Waals surface area contributed by atoms with Crippen LogP contribution in [0.1, 0.15) is 0 Å². The normalized spacial score (nSPS) is 19.1. The van der Waals surface area contributed by atoms with E-state index in [4.69, 9.17) is 9.66 Å². The monoisotopic (exact) mass is 300 g/mol. The van der Waals surface area contributed by atoms with E-state index < -0.39 is 38.7 Å². The molecule has 1 atom stereocenters. The largest absolute Gasteiger partial charge is 0.490 e. The summed E-state index contributed by atoms with van der Waals surface area (Å²) < 4.78 is 30.5. The molecule has 0 radical (unpaired) electrons. The molecule has 0 amide bonds. The van der Waals surface area contributed by atoms with Crippen molar-refractivity contribution >= 4 is 33.5 Å². The lowest BCUT2D eigenvalue weighted by Crippen LogP contribution is -2.40. The fourth-order valence-electron chi connectivity index (χ4n) is 1.64. The molecule has 0 bridgehead atoms. The summed E-state index contributed by atoms with van der Waals surface area (Å²) in [5, 5.41) is 22.3. The zero-order valence-corrected chi connectivity index (χ0v) is 10.5. The predicted molar refractivity (Wildman–Crippen MR) is 65.2 cm³/mol. The minimum atomic E-state index is -4.38. The van der Waals surface area contributed by atoms with E-state index in [-0.39, 0.29) is 5.69 Å². The van der Waals surface area contributed by atoms with Gasteiger partial charge in [-0.05, 0) is 24.3 Å². The third-order valence-electron chi connectivity index (χ3n) is 2.55. The number of carboxylic acid groups (broad SMARTS) is 1. The summed E-state index contributed by atoms with van der Waals surface area (Å²) in [6, 6.07) is 2.60. The second kappa shape index (κ2) is 4.58. The molecule has 1 aromatic carbocycles. The van der Waals surface area contributed by atoms with Gasteiger partial charge in [-0.25, -0.2) is 9.80 Å². The molecule has 1 aromatic rings. The Labute approximate surface area is 112 Å². The summed E-state index contributed by atoms with van der Waals surface area (Å²) in [5.41, 5.74) is 0.0715. The van der Waals surface area contributed by atoms with Crippen molar-refractivity contribution in [1.29, 1.82) is 0 Å². The van der Waals surface area contributed by atoms with Crippen LogP contribution in [0.5, 0.6) is 0 Å². The van der Waals surface area contributed by atoms with Gasteiger partial charge in [0.15, 0.2) is 0 Å². The first-order valence-corrected chi connectivity index (χ1v) is 6.57. The number of hydrazone groups is 1. The van der Waals surface area contributed by atoms with Gasteiger partial charge >= 0.3 is 5.97 Å². The SMILES string of the molecule is O=C(O)C1C(=O)C(O)=NN1c1ccc(S(=O)(=O)O)cc1. The maximum Gasteiger partial charge on any atom is 0.336 e. The number of carbonyl (C=O) groups is 2. The maximum atomic E-state index is 11.4. The number of hydrogen-bond acceptors (Lipinski definition) is 6. The van der Waals surface area contributed by atoms with Crippen LogP contribution in [0.2, 0.25) is 0 Å². The van der Waals surface area contributed by atoms with Gasteiger partial charge in [-0.3, -0.25) is 9.35 Å². The second-order valence-electron chi connectivity index (χ2n) is 3.84. The first kappa shape index (κ1) is 14.0. The first-order valence-electron chi connectivity index (χ1n) is 5.13. The minimum Gasteiger partial charge on any atom is -0.490 e. The van der Waals surface area contributed by atoms with Crippen LogP contribution in [-0.2, 0) is 19.7 Å². The second-order valence-corrected chi connectivity index (χ2v) is 5.26. The molecule has 0 aromatic heterocycles. The van der Waals surface area contributed by atoms with E-state index in [1.807, 2.05) is 0 Å². The molecule has 106 valence electrons. The first-order chi connectivity index (χ1) is 9.21. The molecule has 0 fully saturated rings. The summed E-state index contributed by atoms with van der Waals surface area (Å²) in [5.74, 6) is -3.53. The molecule has 0 saturated heterocycles. The van der Waals surface area contributed by atoms with Crippen molar-refractivity contribution in [2.45, 2.75) is 10.9 Å². The quantitative estimate of drug-likeness (QED) is 0.507. The molecule has 10 heteroatoms. The maximum absolute atomic E-state index is 11.4. The fraction of sp³-hybridized carbons (Fsp3) is 0.100. The van der Waals surface area contributed by atoms with Crippen LogP contribution in [0.3, 0.4) is 0 Å². The predicted octanol–water partition coefficient (Wildman–Crippen LogP) is -0.353. The summed E-state index contributed by atoms with van der Waals surface area (Å²) >= 11 is 0. The van der Waals surface area contributed by atoms with Crippen LogP contribution in [-0.4, -0.2) is 46.9 Å². The lowest BCUT2D eigenvalue weighted by molar-refractivity contribution is -0.140. The van der Waals surface area contributed by atoms with Crippen molar-refractivity contribution < 1.29 is 32.8 Å². The number of carbonyl (C=O) groups excluding carboxylic acids is 1. The van der Waals surface area contributed by atoms with E-state index >= 15 is 0 Å². The smallest absolute Gasteiger partial charge is 0.336 e. The number of ketones is 1. The number of aliphatic hydroxyl groups is 1. The molecule has 9 nitrogen and oxygen atoms in total. The summed E-state index contributed by atoms with van der Waals surface area (Å²) in [6.07, 6.45) is 0. The lowest BCUT2D eigenvalue weighted by Gasteiger charge is -2.18. The van der Waals surface area contributed by atoms with E-state index in [1.54, 1.807) is 0 Å². The van der Waals surface area contributed by atoms with Crippen LogP contribution in [0.15, 0.2) is 34.3 Å². The van der Waals surface area contributed by atoms with E-state index in [1.165, 1.54) is 0 Å². The Balaban J connectivity index is 2.41. The number of aliphatic carboxylic acids is 1. The van der Waals surface area contributed by atoms with Crippen molar-refractivity contribution in [3.8, 4) is 0 Å². The Morgan fingerprint density at radius 1 is 1.25 bits per heavy atom. The molecule has 3 N–H and O–H groups in total. The molecule has 1 aliphatic rings. The highest BCUT2D eigenvalue weighted by Crippen LogP contribution is 2.24. The van der Waals surface area contributed by atoms with Crippen LogP contribution >= 0.6 is 0 Å². The number of nitrogens with zero attached hydrogens (tertiary/aromatic N) is 2. The van der Waals surface area contributed by atoms with Gasteiger partial charge in [-0.2, -0.15) is 8.42 Å². The van der Waals surface area contributed by atoms with Crippen LogP contribution in [0.4, 0.5) is 5.69 Å². The standard InChI is InChI=1S/C10H8N2O7S/c13-8-7(10(15)16)12(11-9(8)14)5-1-3-6(4-2-5)20(17,18)19/h1-4,7H,(H,11,14)(H,15,16)(H,17,18,19). The van der Waals surface area contributed by atoms with Crippen molar-refractivity contribution in [2.75, 3.05) is 5.01 Å². The van der Waals surface area contributed by atoms with E-state index in [0.29, 0.717) is 0 Å². The molecule has 20 heavy (non-hydrogen) atoms. The Hall–Kier alpha value is -2.46. The summed E-state index contributed by atoms with van der Waals surface area (Å²) in [4.78, 5) is 22.0. The highest BCUT2D eigenvalue weighted by atomic mass is 32.2. The van der Waals surface area contributed by atoms with Crippen LogP contribution in [0.25, 0.3) is 0 Å². The van der Waals surface area contributed by atoms with Gasteiger partial charge in [0.2, 0.25) is 6.04 Å². The number of carboxylic acids is 1. The van der Waals surface area contributed by atoms with Gasteiger partial charge in [0.1, 0.15) is 0 Å². The number of rotatable bonds is 3. The molecular formula is C10H8N2O7S. The molecular weight excluding hydrogens is 292 g/mol. The van der Waals surface area contributed by atoms with E-state index in [9.17, 15) is 23.1 Å². The minimum absolute atomic E-state index is 0.0715. The highest BCUT2D eigenvalue weighted by molar-refractivity contribution is 7.85. The van der Waals surface area contributed by atoms with Crippen molar-refractivity contribution in [3.63, 3.8) is 0 Å². The molecule has 1 aliphatic heterocycles. The van der Waals surface area contributed by atoms with Gasteiger partial charge in [0.05, 0.1) is 10.6 Å². The summed E-state index contributed by atoms with van der Waals surface area (Å²) in [6.45, 7) is 0. The average molecular weight is 300 g/mol. The van der Waals surface area contributed by atoms with Gasteiger partial charge in [0.25, 0.3) is 21.8 Å². The summed E-state index contributed by atoms with van der Waals surface area (Å²) in [7, 11) is -4.38. The van der Waals surface area contributed by atoms with Crippen LogP contribution < -0.4 is 5.01 Å². The molecule has 0 saturated carbocycles. The molecule has 1 unspecified atom stereocenters. The average Bonchev–Trinajstić information content (AvgIpc) is 2.65. The van der Waals surface area contributed by atoms with E-state index in [2.05, 4.69) is 5.10 Å². The number of Topliss-reactive ketones (excluding diaryl/α,β-unsaturated/α-hetero) is 1. The molecule has 2 rings (SSSR count). The Morgan fingerprint density at radius 3 is 2.25 bits per heavy atom. The van der Waals surface area contributed by atoms with Crippen molar-refractivity contribution in [1.82, 2.24) is 0 Å². The number of benzene rings is 1. The van der Waals surface area contributed by atoms with E-state index in [0.717, 1.165) is 29.3 Å². The Kier molecular flexibility index (Phi) is 3.19. The van der Waals surface area contributed by atoms with Crippen molar-refractivity contribution in [2.24, 2.45) is 5.10 Å². The zero-order valence-electron chi connectivity index (χ0n) is 9.66. The molecule has 0 spiro atoms. The van der Waals surface area contributed by atoms with Gasteiger partial charge in [-0.15, -0.1) is 5.10 Å². The topological polar surface area (TPSA) is 145 Å². The number of aliphatic hydroxyl groups excluding tert-OH is 1. The highest BCUT2D eigenvalue weighted by Gasteiger charge is 2.42. The number of anilines is 1. The molecule has 0 aliphatic carbocycles. The molecule has 1 heterocycles. The van der Waals surface area contributed by atoms with Gasteiger partial charge < -0.3 is 10.2 Å². The van der Waals surface area contributed by atoms with Crippen LogP contribution in [0, 0.1) is 0 Å². The fourth-order valence-corrected chi connectivity index (χ4v) is 2.12. The van der Waals surface area contributed by atoms with Gasteiger partial charge in [-0.1, -0.05) is 0 Å². The zero-order chi connectivity index (χ0) is 15.1. The third-order valence-corrected chi connectivity index (χ3v) is 3.42. The number of hydrogen-bond donors (Lipinski definition) is 3. The lowest BCUT2D eigenvalue weighted by atomic mass is 10.2.